The maximum atomic E-state index is 9.60. The van der Waals surface area contributed by atoms with E-state index in [4.69, 9.17) is 5.73 Å². The van der Waals surface area contributed by atoms with Gasteiger partial charge in [0.05, 0.1) is 11.4 Å². The fraction of sp³-hybridized carbons (Fsp3) is 0.0500. The molecular formula is C20H15N5. The van der Waals surface area contributed by atoms with E-state index in [9.17, 15) is 5.26 Å². The summed E-state index contributed by atoms with van der Waals surface area (Å²) in [6.07, 6.45) is 0. The lowest BCUT2D eigenvalue weighted by atomic mass is 10.0. The molecule has 4 aromatic rings. The highest BCUT2D eigenvalue weighted by atomic mass is 15.3. The van der Waals surface area contributed by atoms with Gasteiger partial charge in [-0.3, -0.25) is 0 Å². The Morgan fingerprint density at radius 2 is 1.56 bits per heavy atom. The van der Waals surface area contributed by atoms with Crippen LogP contribution in [0.3, 0.4) is 0 Å². The zero-order valence-electron chi connectivity index (χ0n) is 13.6. The number of nitrogen functional groups attached to an aromatic ring is 1. The van der Waals surface area contributed by atoms with Crippen LogP contribution in [0.2, 0.25) is 0 Å². The molecule has 0 aliphatic rings. The van der Waals surface area contributed by atoms with Gasteiger partial charge in [-0.25, -0.2) is 9.50 Å². The number of fused-ring (bicyclic) bond motifs is 1. The number of aryl methyl sites for hydroxylation is 1. The normalized spacial score (nSPS) is 10.7. The van der Waals surface area contributed by atoms with Gasteiger partial charge in [0, 0.05) is 11.1 Å². The summed E-state index contributed by atoms with van der Waals surface area (Å²) in [4.78, 5) is 4.49. The Labute approximate surface area is 145 Å². The largest absolute Gasteiger partial charge is 0.382 e. The molecule has 4 rings (SSSR count). The van der Waals surface area contributed by atoms with Crippen LogP contribution in [-0.4, -0.2) is 14.6 Å². The standard InChI is InChI=1S/C20H15N5/c1-13-17(14-8-4-2-5-9-14)20-23-19(22)16(12-21)18(25(20)24-13)15-10-6-3-7-11-15/h2-11H,1H3,(H2,22,23). The molecule has 120 valence electrons. The third-order valence-electron chi connectivity index (χ3n) is 4.19. The Morgan fingerprint density at radius 3 is 2.16 bits per heavy atom. The van der Waals surface area contributed by atoms with Crippen molar-refractivity contribution in [2.24, 2.45) is 0 Å². The molecule has 0 fully saturated rings. The molecule has 0 amide bonds. The van der Waals surface area contributed by atoms with Crippen LogP contribution < -0.4 is 5.73 Å². The zero-order chi connectivity index (χ0) is 17.4. The van der Waals surface area contributed by atoms with E-state index < -0.39 is 0 Å². The Hall–Kier alpha value is -3.65. The topological polar surface area (TPSA) is 80.0 Å². The van der Waals surface area contributed by atoms with Crippen molar-refractivity contribution >= 4 is 11.5 Å². The van der Waals surface area contributed by atoms with Gasteiger partial charge in [-0.1, -0.05) is 60.7 Å². The highest BCUT2D eigenvalue weighted by Crippen LogP contribution is 2.33. The molecule has 0 spiro atoms. The van der Waals surface area contributed by atoms with Gasteiger partial charge in [-0.15, -0.1) is 0 Å². The number of anilines is 1. The summed E-state index contributed by atoms with van der Waals surface area (Å²) in [7, 11) is 0. The number of hydrogen-bond acceptors (Lipinski definition) is 4. The quantitative estimate of drug-likeness (QED) is 0.607. The molecule has 2 aromatic carbocycles. The van der Waals surface area contributed by atoms with Gasteiger partial charge in [-0.05, 0) is 12.5 Å². The molecular weight excluding hydrogens is 310 g/mol. The van der Waals surface area contributed by atoms with Crippen LogP contribution in [0.25, 0.3) is 28.0 Å². The van der Waals surface area contributed by atoms with Crippen molar-refractivity contribution < 1.29 is 0 Å². The van der Waals surface area contributed by atoms with Crippen molar-refractivity contribution in [3.05, 3.63) is 71.9 Å². The second-order valence-electron chi connectivity index (χ2n) is 5.76. The van der Waals surface area contributed by atoms with E-state index in [-0.39, 0.29) is 5.82 Å². The van der Waals surface area contributed by atoms with Gasteiger partial charge >= 0.3 is 0 Å². The molecule has 0 atom stereocenters. The molecule has 2 N–H and O–H groups in total. The molecule has 0 radical (unpaired) electrons. The number of nitrogens with two attached hydrogens (primary N) is 1. The Balaban J connectivity index is 2.14. The summed E-state index contributed by atoms with van der Waals surface area (Å²) >= 11 is 0. The van der Waals surface area contributed by atoms with Crippen LogP contribution in [0.15, 0.2) is 60.7 Å². The number of aromatic nitrogens is 3. The first-order chi connectivity index (χ1) is 12.2. The molecule has 25 heavy (non-hydrogen) atoms. The van der Waals surface area contributed by atoms with Crippen LogP contribution in [0.4, 0.5) is 5.82 Å². The Morgan fingerprint density at radius 1 is 0.960 bits per heavy atom. The third-order valence-corrected chi connectivity index (χ3v) is 4.19. The first-order valence-corrected chi connectivity index (χ1v) is 7.90. The highest BCUT2D eigenvalue weighted by molar-refractivity contribution is 5.84. The smallest absolute Gasteiger partial charge is 0.166 e. The van der Waals surface area contributed by atoms with Crippen LogP contribution in [0.5, 0.6) is 0 Å². The van der Waals surface area contributed by atoms with Gasteiger partial charge in [0.2, 0.25) is 0 Å². The van der Waals surface area contributed by atoms with Crippen LogP contribution >= 0.6 is 0 Å². The van der Waals surface area contributed by atoms with Crippen LogP contribution in [-0.2, 0) is 0 Å². The third kappa shape index (κ3) is 2.32. The summed E-state index contributed by atoms with van der Waals surface area (Å²) in [5.41, 5.74) is 11.4. The number of rotatable bonds is 2. The predicted molar refractivity (Wildman–Crippen MR) is 97.7 cm³/mol. The summed E-state index contributed by atoms with van der Waals surface area (Å²) in [6, 6.07) is 21.8. The summed E-state index contributed by atoms with van der Waals surface area (Å²) in [5.74, 6) is 0.214. The molecule has 0 aliphatic carbocycles. The Kier molecular flexibility index (Phi) is 3.44. The molecule has 0 bridgehead atoms. The summed E-state index contributed by atoms with van der Waals surface area (Å²) < 4.78 is 1.72. The first-order valence-electron chi connectivity index (χ1n) is 7.90. The van der Waals surface area contributed by atoms with E-state index in [1.807, 2.05) is 67.6 Å². The van der Waals surface area contributed by atoms with Gasteiger partial charge in [-0.2, -0.15) is 10.4 Å². The minimum Gasteiger partial charge on any atom is -0.382 e. The minimum absolute atomic E-state index is 0.214. The van der Waals surface area contributed by atoms with Crippen molar-refractivity contribution in [2.75, 3.05) is 5.73 Å². The summed E-state index contributed by atoms with van der Waals surface area (Å²) in [5, 5.41) is 14.3. The van der Waals surface area contributed by atoms with Crippen molar-refractivity contribution in [1.82, 2.24) is 14.6 Å². The van der Waals surface area contributed by atoms with E-state index in [2.05, 4.69) is 16.2 Å². The van der Waals surface area contributed by atoms with Crippen molar-refractivity contribution in [3.63, 3.8) is 0 Å². The lowest BCUT2D eigenvalue weighted by molar-refractivity contribution is 0.923. The van der Waals surface area contributed by atoms with Crippen molar-refractivity contribution in [2.45, 2.75) is 6.92 Å². The van der Waals surface area contributed by atoms with Gasteiger partial charge in [0.15, 0.2) is 5.65 Å². The Bertz CT molecular complexity index is 1110. The molecule has 5 heteroatoms. The maximum absolute atomic E-state index is 9.60. The molecule has 2 heterocycles. The number of hydrogen-bond donors (Lipinski definition) is 1. The van der Waals surface area contributed by atoms with Gasteiger partial charge < -0.3 is 5.73 Å². The predicted octanol–water partition coefficient (Wildman–Crippen LogP) is 3.83. The zero-order valence-corrected chi connectivity index (χ0v) is 13.6. The molecule has 0 saturated carbocycles. The van der Waals surface area contributed by atoms with Crippen molar-refractivity contribution in [1.29, 1.82) is 5.26 Å². The van der Waals surface area contributed by atoms with Gasteiger partial charge in [0.25, 0.3) is 0 Å². The maximum Gasteiger partial charge on any atom is 0.166 e. The minimum atomic E-state index is 0.214. The van der Waals surface area contributed by atoms with Crippen LogP contribution in [0.1, 0.15) is 11.3 Å². The lowest BCUT2D eigenvalue weighted by Crippen LogP contribution is -2.05. The second-order valence-corrected chi connectivity index (χ2v) is 5.76. The van der Waals surface area contributed by atoms with Gasteiger partial charge in [0.1, 0.15) is 17.5 Å². The van der Waals surface area contributed by atoms with Crippen molar-refractivity contribution in [3.8, 4) is 28.5 Å². The fourth-order valence-electron chi connectivity index (χ4n) is 3.09. The first kappa shape index (κ1) is 14.9. The molecule has 0 saturated heterocycles. The van der Waals surface area contributed by atoms with Crippen LogP contribution in [0, 0.1) is 18.3 Å². The SMILES string of the molecule is Cc1nn2c(-c3ccccc3)c(C#N)c(N)nc2c1-c1ccccc1. The molecule has 0 unspecified atom stereocenters. The van der Waals surface area contributed by atoms with E-state index in [0.29, 0.717) is 16.9 Å². The number of benzene rings is 2. The van der Waals surface area contributed by atoms with E-state index >= 15 is 0 Å². The average molecular weight is 325 g/mol. The second kappa shape index (κ2) is 5.77. The fourth-order valence-corrected chi connectivity index (χ4v) is 3.09. The lowest BCUT2D eigenvalue weighted by Gasteiger charge is -2.10. The molecule has 2 aromatic heterocycles. The highest BCUT2D eigenvalue weighted by Gasteiger charge is 2.21. The summed E-state index contributed by atoms with van der Waals surface area (Å²) in [6.45, 7) is 1.94. The average Bonchev–Trinajstić information content (AvgIpc) is 2.97. The monoisotopic (exact) mass is 325 g/mol. The van der Waals surface area contributed by atoms with E-state index in [0.717, 1.165) is 22.4 Å². The number of nitriles is 1. The van der Waals surface area contributed by atoms with E-state index in [1.165, 1.54) is 0 Å². The molecule has 0 aliphatic heterocycles. The number of nitrogens with zero attached hydrogens (tertiary/aromatic N) is 4. The van der Waals surface area contributed by atoms with E-state index in [1.54, 1.807) is 4.52 Å². The molecule has 5 nitrogen and oxygen atoms in total.